The SMILES string of the molecule is CC[C@H](C)NC(=O)COC(=O)c1cccnc1Sc1ccc(C)c(C)c1. The van der Waals surface area contributed by atoms with Crippen LogP contribution in [0.5, 0.6) is 0 Å². The van der Waals surface area contributed by atoms with Gasteiger partial charge in [0.25, 0.3) is 5.91 Å². The molecule has 1 heterocycles. The molecule has 1 aromatic heterocycles. The summed E-state index contributed by atoms with van der Waals surface area (Å²) in [6, 6.07) is 9.49. The molecule has 6 heteroatoms. The van der Waals surface area contributed by atoms with E-state index in [9.17, 15) is 9.59 Å². The first-order chi connectivity index (χ1) is 12.4. The van der Waals surface area contributed by atoms with E-state index in [0.29, 0.717) is 10.6 Å². The topological polar surface area (TPSA) is 68.3 Å². The molecule has 5 nitrogen and oxygen atoms in total. The Kier molecular flexibility index (Phi) is 7.21. The number of rotatable bonds is 7. The van der Waals surface area contributed by atoms with Gasteiger partial charge < -0.3 is 10.1 Å². The third-order valence-corrected chi connectivity index (χ3v) is 5.05. The number of ether oxygens (including phenoxy) is 1. The summed E-state index contributed by atoms with van der Waals surface area (Å²) in [4.78, 5) is 29.5. The molecule has 0 spiro atoms. The number of carbonyl (C=O) groups excluding carboxylic acids is 2. The van der Waals surface area contributed by atoms with Crippen molar-refractivity contribution in [2.45, 2.75) is 50.1 Å². The highest BCUT2D eigenvalue weighted by Gasteiger charge is 2.17. The molecule has 0 unspecified atom stereocenters. The van der Waals surface area contributed by atoms with Crippen molar-refractivity contribution in [3.63, 3.8) is 0 Å². The van der Waals surface area contributed by atoms with Crippen molar-refractivity contribution in [1.29, 1.82) is 0 Å². The second-order valence-electron chi connectivity index (χ2n) is 6.16. The fraction of sp³-hybridized carbons (Fsp3) is 0.350. The van der Waals surface area contributed by atoms with Gasteiger partial charge in [-0.1, -0.05) is 24.8 Å². The molecule has 1 amide bonds. The number of hydrogen-bond donors (Lipinski definition) is 1. The van der Waals surface area contributed by atoms with E-state index in [-0.39, 0.29) is 18.6 Å². The predicted octanol–water partition coefficient (Wildman–Crippen LogP) is 3.92. The van der Waals surface area contributed by atoms with Crippen molar-refractivity contribution in [1.82, 2.24) is 10.3 Å². The highest BCUT2D eigenvalue weighted by Crippen LogP contribution is 2.30. The van der Waals surface area contributed by atoms with E-state index in [1.54, 1.807) is 18.3 Å². The van der Waals surface area contributed by atoms with Crippen LogP contribution in [0.4, 0.5) is 0 Å². The largest absolute Gasteiger partial charge is 0.452 e. The predicted molar refractivity (Wildman–Crippen MR) is 102 cm³/mol. The number of nitrogens with one attached hydrogen (secondary N) is 1. The van der Waals surface area contributed by atoms with E-state index >= 15 is 0 Å². The normalized spacial score (nSPS) is 11.7. The van der Waals surface area contributed by atoms with E-state index in [4.69, 9.17) is 4.74 Å². The fourth-order valence-corrected chi connectivity index (χ4v) is 3.11. The van der Waals surface area contributed by atoms with Crippen LogP contribution in [0, 0.1) is 13.8 Å². The maximum atomic E-state index is 12.4. The second kappa shape index (κ2) is 9.38. The van der Waals surface area contributed by atoms with Gasteiger partial charge in [0, 0.05) is 17.1 Å². The molecule has 0 saturated heterocycles. The van der Waals surface area contributed by atoms with E-state index in [0.717, 1.165) is 11.3 Å². The van der Waals surface area contributed by atoms with Gasteiger partial charge in [-0.2, -0.15) is 0 Å². The van der Waals surface area contributed by atoms with Crippen LogP contribution in [0.2, 0.25) is 0 Å². The number of aromatic nitrogens is 1. The average Bonchev–Trinajstić information content (AvgIpc) is 2.63. The molecular formula is C20H24N2O3S. The Morgan fingerprint density at radius 3 is 2.69 bits per heavy atom. The first kappa shape index (κ1) is 20.0. The van der Waals surface area contributed by atoms with E-state index in [2.05, 4.69) is 23.3 Å². The van der Waals surface area contributed by atoms with Gasteiger partial charge in [0.1, 0.15) is 5.03 Å². The van der Waals surface area contributed by atoms with Gasteiger partial charge in [0.15, 0.2) is 6.61 Å². The summed E-state index contributed by atoms with van der Waals surface area (Å²) < 4.78 is 5.15. The number of hydrogen-bond acceptors (Lipinski definition) is 5. The Balaban J connectivity index is 2.06. The molecule has 0 aliphatic carbocycles. The van der Waals surface area contributed by atoms with E-state index < -0.39 is 5.97 Å². The number of benzene rings is 1. The maximum Gasteiger partial charge on any atom is 0.341 e. The van der Waals surface area contributed by atoms with Crippen LogP contribution in [0.3, 0.4) is 0 Å². The lowest BCUT2D eigenvalue weighted by Crippen LogP contribution is -2.35. The number of amides is 1. The Morgan fingerprint density at radius 2 is 2.00 bits per heavy atom. The molecule has 0 aliphatic rings. The molecule has 0 aliphatic heterocycles. The van der Waals surface area contributed by atoms with Gasteiger partial charge in [0.05, 0.1) is 5.56 Å². The molecule has 0 radical (unpaired) electrons. The van der Waals surface area contributed by atoms with Gasteiger partial charge in [-0.3, -0.25) is 4.79 Å². The Hall–Kier alpha value is -2.34. The minimum Gasteiger partial charge on any atom is -0.452 e. The van der Waals surface area contributed by atoms with Crippen molar-refractivity contribution in [2.75, 3.05) is 6.61 Å². The van der Waals surface area contributed by atoms with Gasteiger partial charge in [-0.05, 0) is 62.6 Å². The fourth-order valence-electron chi connectivity index (χ4n) is 2.14. The summed E-state index contributed by atoms with van der Waals surface area (Å²) in [5.41, 5.74) is 2.74. The molecule has 0 bridgehead atoms. The number of carbonyl (C=O) groups is 2. The molecule has 1 atom stereocenters. The monoisotopic (exact) mass is 372 g/mol. The smallest absolute Gasteiger partial charge is 0.341 e. The Labute approximate surface area is 158 Å². The molecule has 2 rings (SSSR count). The molecular weight excluding hydrogens is 348 g/mol. The van der Waals surface area contributed by atoms with Crippen LogP contribution in [-0.2, 0) is 9.53 Å². The van der Waals surface area contributed by atoms with Crippen LogP contribution in [0.25, 0.3) is 0 Å². The number of nitrogens with zero attached hydrogens (tertiary/aromatic N) is 1. The van der Waals surface area contributed by atoms with E-state index in [1.807, 2.05) is 32.9 Å². The molecule has 0 saturated carbocycles. The van der Waals surface area contributed by atoms with Crippen molar-refractivity contribution in [2.24, 2.45) is 0 Å². The van der Waals surface area contributed by atoms with Crippen molar-refractivity contribution < 1.29 is 14.3 Å². The van der Waals surface area contributed by atoms with Crippen LogP contribution in [-0.4, -0.2) is 29.5 Å². The number of aryl methyl sites for hydroxylation is 2. The summed E-state index contributed by atoms with van der Waals surface area (Å²) in [5, 5.41) is 3.32. The highest BCUT2D eigenvalue weighted by molar-refractivity contribution is 7.99. The van der Waals surface area contributed by atoms with Gasteiger partial charge in [0.2, 0.25) is 0 Å². The van der Waals surface area contributed by atoms with Crippen molar-refractivity contribution in [3.05, 3.63) is 53.2 Å². The molecule has 2 aromatic rings. The van der Waals surface area contributed by atoms with Gasteiger partial charge in [-0.15, -0.1) is 0 Å². The lowest BCUT2D eigenvalue weighted by molar-refractivity contribution is -0.124. The number of esters is 1. The zero-order chi connectivity index (χ0) is 19.1. The highest BCUT2D eigenvalue weighted by atomic mass is 32.2. The van der Waals surface area contributed by atoms with Crippen LogP contribution >= 0.6 is 11.8 Å². The van der Waals surface area contributed by atoms with Crippen LogP contribution < -0.4 is 5.32 Å². The first-order valence-corrected chi connectivity index (χ1v) is 9.39. The molecule has 26 heavy (non-hydrogen) atoms. The number of pyridine rings is 1. The Morgan fingerprint density at radius 1 is 1.23 bits per heavy atom. The van der Waals surface area contributed by atoms with Gasteiger partial charge >= 0.3 is 5.97 Å². The van der Waals surface area contributed by atoms with Crippen LogP contribution in [0.15, 0.2) is 46.5 Å². The molecule has 0 fully saturated rings. The van der Waals surface area contributed by atoms with Crippen molar-refractivity contribution in [3.8, 4) is 0 Å². The second-order valence-corrected chi connectivity index (χ2v) is 7.22. The summed E-state index contributed by atoms with van der Waals surface area (Å²) in [6.45, 7) is 7.68. The molecule has 138 valence electrons. The zero-order valence-electron chi connectivity index (χ0n) is 15.5. The lowest BCUT2D eigenvalue weighted by atomic mass is 10.1. The summed E-state index contributed by atoms with van der Waals surface area (Å²) >= 11 is 1.40. The average molecular weight is 372 g/mol. The van der Waals surface area contributed by atoms with Gasteiger partial charge in [-0.25, -0.2) is 9.78 Å². The summed E-state index contributed by atoms with van der Waals surface area (Å²) in [6.07, 6.45) is 2.45. The quantitative estimate of drug-likeness (QED) is 0.746. The first-order valence-electron chi connectivity index (χ1n) is 8.57. The third kappa shape index (κ3) is 5.59. The summed E-state index contributed by atoms with van der Waals surface area (Å²) in [5.74, 6) is -0.858. The maximum absolute atomic E-state index is 12.4. The summed E-state index contributed by atoms with van der Waals surface area (Å²) in [7, 11) is 0. The lowest BCUT2D eigenvalue weighted by Gasteiger charge is -2.12. The standard InChI is InChI=1S/C20H24N2O3S/c1-5-15(4)22-18(23)12-25-20(24)17-7-6-10-21-19(17)26-16-9-8-13(2)14(3)11-16/h6-11,15H,5,12H2,1-4H3,(H,22,23)/t15-/m0/s1. The van der Waals surface area contributed by atoms with Crippen LogP contribution in [0.1, 0.15) is 41.8 Å². The van der Waals surface area contributed by atoms with E-state index in [1.165, 1.54) is 22.9 Å². The minimum absolute atomic E-state index is 0.0514. The Bertz CT molecular complexity index is 792. The zero-order valence-corrected chi connectivity index (χ0v) is 16.4. The molecule has 1 aromatic carbocycles. The third-order valence-electron chi connectivity index (χ3n) is 4.04. The van der Waals surface area contributed by atoms with Crippen molar-refractivity contribution >= 4 is 23.6 Å². The minimum atomic E-state index is -0.552. The molecule has 1 N–H and O–H groups in total.